The first-order valence-electron chi connectivity index (χ1n) is 13.2. The van der Waals surface area contributed by atoms with E-state index in [0.717, 1.165) is 0 Å². The van der Waals surface area contributed by atoms with Crippen LogP contribution in [-0.4, -0.2) is 30.0 Å². The van der Waals surface area contributed by atoms with E-state index in [1.807, 2.05) is 25.1 Å². The molecule has 1 fully saturated rings. The summed E-state index contributed by atoms with van der Waals surface area (Å²) in [7, 11) is 0. The molecule has 1 atom stereocenters. The molecule has 1 amide bonds. The predicted octanol–water partition coefficient (Wildman–Crippen LogP) is 7.04. The summed E-state index contributed by atoms with van der Waals surface area (Å²) in [6, 6.07) is 25.2. The third-order valence-electron chi connectivity index (χ3n) is 6.50. The molecular weight excluding hydrogens is 525 g/mol. The standard InChI is InChI=1S/C33H28FNO6/c1-3-39-25-16-17-27(28(20-25)40-4-2)31(36)29-30(35(33(38)32(29)37)23-12-9-11-22(34)19-23)21-10-8-15-26(18-21)41-24-13-6-5-7-14-24/h5-20,30,36H,3-4H2,1-2H3/b31-29+. The number of hydrogen-bond acceptors (Lipinski definition) is 6. The normalized spacial score (nSPS) is 16.1. The second kappa shape index (κ2) is 12.0. The summed E-state index contributed by atoms with van der Waals surface area (Å²) >= 11 is 0. The number of hydrogen-bond donors (Lipinski definition) is 1. The number of aliphatic hydroxyl groups excluding tert-OH is 1. The number of aliphatic hydroxyl groups is 1. The van der Waals surface area contributed by atoms with Crippen LogP contribution in [-0.2, 0) is 9.59 Å². The number of rotatable bonds is 9. The van der Waals surface area contributed by atoms with Gasteiger partial charge >= 0.3 is 0 Å². The molecule has 0 radical (unpaired) electrons. The minimum Gasteiger partial charge on any atom is -0.507 e. The van der Waals surface area contributed by atoms with E-state index in [2.05, 4.69) is 0 Å². The highest BCUT2D eigenvalue weighted by Gasteiger charge is 2.47. The second-order valence-electron chi connectivity index (χ2n) is 9.16. The molecule has 4 aromatic carbocycles. The third-order valence-corrected chi connectivity index (χ3v) is 6.50. The highest BCUT2D eigenvalue weighted by atomic mass is 19.1. The van der Waals surface area contributed by atoms with Crippen LogP contribution in [0.25, 0.3) is 5.76 Å². The maximum Gasteiger partial charge on any atom is 0.300 e. The second-order valence-corrected chi connectivity index (χ2v) is 9.16. The van der Waals surface area contributed by atoms with Crippen LogP contribution in [0.5, 0.6) is 23.0 Å². The predicted molar refractivity (Wildman–Crippen MR) is 153 cm³/mol. The van der Waals surface area contributed by atoms with Gasteiger partial charge in [0, 0.05) is 11.8 Å². The summed E-state index contributed by atoms with van der Waals surface area (Å²) in [4.78, 5) is 28.3. The lowest BCUT2D eigenvalue weighted by Crippen LogP contribution is -2.29. The monoisotopic (exact) mass is 553 g/mol. The van der Waals surface area contributed by atoms with Gasteiger partial charge in [0.15, 0.2) is 0 Å². The highest BCUT2D eigenvalue weighted by molar-refractivity contribution is 6.51. The molecule has 5 rings (SSSR count). The van der Waals surface area contributed by atoms with Crippen molar-refractivity contribution in [1.29, 1.82) is 0 Å². The van der Waals surface area contributed by atoms with Gasteiger partial charge in [-0.25, -0.2) is 4.39 Å². The maximum atomic E-state index is 14.3. The molecule has 1 N–H and O–H groups in total. The SMILES string of the molecule is CCOc1ccc(/C(O)=C2\C(=O)C(=O)N(c3cccc(F)c3)C2c2cccc(Oc3ccccc3)c2)c(OCC)c1. The Kier molecular flexibility index (Phi) is 8.01. The molecule has 0 aliphatic carbocycles. The van der Waals surface area contributed by atoms with E-state index in [1.165, 1.54) is 29.2 Å². The smallest absolute Gasteiger partial charge is 0.300 e. The van der Waals surface area contributed by atoms with Crippen LogP contribution in [0.2, 0.25) is 0 Å². The van der Waals surface area contributed by atoms with Gasteiger partial charge in [0.05, 0.1) is 30.4 Å². The number of nitrogens with zero attached hydrogens (tertiary/aromatic N) is 1. The Morgan fingerprint density at radius 1 is 0.805 bits per heavy atom. The zero-order valence-corrected chi connectivity index (χ0v) is 22.5. The Hall–Kier alpha value is -5.11. The van der Waals surface area contributed by atoms with Crippen molar-refractivity contribution in [3.05, 3.63) is 120 Å². The molecule has 7 nitrogen and oxygen atoms in total. The number of carbonyl (C=O) groups is 2. The minimum absolute atomic E-state index is 0.166. The Labute approximate surface area is 237 Å². The van der Waals surface area contributed by atoms with Gasteiger partial charge < -0.3 is 19.3 Å². The van der Waals surface area contributed by atoms with Gasteiger partial charge in [-0.05, 0) is 74.0 Å². The fourth-order valence-corrected chi connectivity index (χ4v) is 4.79. The van der Waals surface area contributed by atoms with Crippen molar-refractivity contribution in [2.24, 2.45) is 0 Å². The number of benzene rings is 4. The number of anilines is 1. The van der Waals surface area contributed by atoms with Crippen LogP contribution < -0.4 is 19.1 Å². The van der Waals surface area contributed by atoms with Crippen LogP contribution in [0.3, 0.4) is 0 Å². The highest BCUT2D eigenvalue weighted by Crippen LogP contribution is 2.44. The molecule has 0 aromatic heterocycles. The number of para-hydroxylation sites is 1. The van der Waals surface area contributed by atoms with Gasteiger partial charge in [0.2, 0.25) is 0 Å². The summed E-state index contributed by atoms with van der Waals surface area (Å²) < 4.78 is 31.6. The first kappa shape index (κ1) is 27.5. The number of carbonyl (C=O) groups excluding carboxylic acids is 2. The zero-order chi connectivity index (χ0) is 28.9. The van der Waals surface area contributed by atoms with Gasteiger partial charge in [0.25, 0.3) is 11.7 Å². The Balaban J connectivity index is 1.69. The lowest BCUT2D eigenvalue weighted by atomic mass is 9.94. The average Bonchev–Trinajstić information content (AvgIpc) is 3.24. The molecule has 8 heteroatoms. The Morgan fingerprint density at radius 2 is 1.54 bits per heavy atom. The molecule has 4 aromatic rings. The zero-order valence-electron chi connectivity index (χ0n) is 22.5. The lowest BCUT2D eigenvalue weighted by Gasteiger charge is -2.26. The molecule has 1 heterocycles. The van der Waals surface area contributed by atoms with E-state index < -0.39 is 29.3 Å². The molecule has 0 saturated carbocycles. The molecule has 1 saturated heterocycles. The van der Waals surface area contributed by atoms with Crippen LogP contribution in [0.4, 0.5) is 10.1 Å². The maximum absolute atomic E-state index is 14.3. The largest absolute Gasteiger partial charge is 0.507 e. The summed E-state index contributed by atoms with van der Waals surface area (Å²) in [5.41, 5.74) is 0.699. The summed E-state index contributed by atoms with van der Waals surface area (Å²) in [6.07, 6.45) is 0. The van der Waals surface area contributed by atoms with Crippen molar-refractivity contribution in [1.82, 2.24) is 0 Å². The number of ether oxygens (including phenoxy) is 3. The van der Waals surface area contributed by atoms with Crippen molar-refractivity contribution in [2.75, 3.05) is 18.1 Å². The average molecular weight is 554 g/mol. The molecule has 1 aliphatic rings. The number of ketones is 1. The van der Waals surface area contributed by atoms with E-state index in [0.29, 0.717) is 29.4 Å². The number of amides is 1. The topological polar surface area (TPSA) is 85.3 Å². The van der Waals surface area contributed by atoms with Crippen LogP contribution >= 0.6 is 0 Å². The molecule has 0 bridgehead atoms. The third kappa shape index (κ3) is 5.63. The first-order chi connectivity index (χ1) is 19.9. The van der Waals surface area contributed by atoms with E-state index >= 15 is 0 Å². The number of Topliss-reactive ketones (excluding diaryl/α,β-unsaturated/α-hetero) is 1. The van der Waals surface area contributed by atoms with Gasteiger partial charge in [0.1, 0.15) is 34.6 Å². The van der Waals surface area contributed by atoms with Crippen LogP contribution in [0.15, 0.2) is 103 Å². The van der Waals surface area contributed by atoms with Gasteiger partial charge in [-0.3, -0.25) is 14.5 Å². The van der Waals surface area contributed by atoms with Gasteiger partial charge in [-0.2, -0.15) is 0 Å². The van der Waals surface area contributed by atoms with E-state index in [4.69, 9.17) is 14.2 Å². The van der Waals surface area contributed by atoms with Crippen molar-refractivity contribution in [3.8, 4) is 23.0 Å². The molecule has 1 unspecified atom stereocenters. The summed E-state index contributed by atoms with van der Waals surface area (Å²) in [6.45, 7) is 4.35. The molecule has 41 heavy (non-hydrogen) atoms. The first-order valence-corrected chi connectivity index (χ1v) is 13.2. The summed E-state index contributed by atoms with van der Waals surface area (Å²) in [5.74, 6) is -0.956. The quantitative estimate of drug-likeness (QED) is 0.136. The summed E-state index contributed by atoms with van der Waals surface area (Å²) in [5, 5.41) is 11.6. The fraction of sp³-hybridized carbons (Fsp3) is 0.152. The molecule has 1 aliphatic heterocycles. The van der Waals surface area contributed by atoms with Crippen LogP contribution in [0.1, 0.15) is 31.0 Å². The molecular formula is C33H28FNO6. The fourth-order valence-electron chi connectivity index (χ4n) is 4.79. The van der Waals surface area contributed by atoms with E-state index in [9.17, 15) is 19.1 Å². The van der Waals surface area contributed by atoms with E-state index in [1.54, 1.807) is 61.5 Å². The Morgan fingerprint density at radius 3 is 2.27 bits per heavy atom. The number of halogens is 1. The van der Waals surface area contributed by atoms with E-state index in [-0.39, 0.29) is 29.2 Å². The van der Waals surface area contributed by atoms with Gasteiger partial charge in [-0.15, -0.1) is 0 Å². The van der Waals surface area contributed by atoms with Crippen molar-refractivity contribution < 1.29 is 33.3 Å². The lowest BCUT2D eigenvalue weighted by molar-refractivity contribution is -0.132. The van der Waals surface area contributed by atoms with Crippen molar-refractivity contribution >= 4 is 23.1 Å². The van der Waals surface area contributed by atoms with Crippen molar-refractivity contribution in [3.63, 3.8) is 0 Å². The minimum atomic E-state index is -1.09. The van der Waals surface area contributed by atoms with Gasteiger partial charge in [-0.1, -0.05) is 36.4 Å². The Bertz CT molecular complexity index is 1620. The molecule has 208 valence electrons. The van der Waals surface area contributed by atoms with Crippen molar-refractivity contribution in [2.45, 2.75) is 19.9 Å². The van der Waals surface area contributed by atoms with Crippen LogP contribution in [0, 0.1) is 5.82 Å². The molecule has 0 spiro atoms.